The molecule has 0 aliphatic carbocycles. The molecule has 1 unspecified atom stereocenters. The summed E-state index contributed by atoms with van der Waals surface area (Å²) in [5.41, 5.74) is 0. The normalized spacial score (nSPS) is 12.0. The van der Waals surface area contributed by atoms with Gasteiger partial charge in [-0.05, 0) is 37.3 Å². The van der Waals surface area contributed by atoms with Crippen molar-refractivity contribution in [3.63, 3.8) is 0 Å². The van der Waals surface area contributed by atoms with Crippen LogP contribution in [0.25, 0.3) is 0 Å². The number of hydrogen-bond donors (Lipinski definition) is 2. The second-order valence-electron chi connectivity index (χ2n) is 4.32. The van der Waals surface area contributed by atoms with E-state index in [1.54, 1.807) is 36.9 Å². The molecule has 21 heavy (non-hydrogen) atoms. The maximum atomic E-state index is 11.9. The molecule has 1 atom stereocenters. The van der Waals surface area contributed by atoms with E-state index in [1.807, 2.05) is 0 Å². The summed E-state index contributed by atoms with van der Waals surface area (Å²) in [6.07, 6.45) is 0.138. The first kappa shape index (κ1) is 18.4. The summed E-state index contributed by atoms with van der Waals surface area (Å²) in [6.45, 7) is 2.43. The van der Waals surface area contributed by atoms with Gasteiger partial charge in [-0.1, -0.05) is 23.2 Å². The molecule has 7 heteroatoms. The second-order valence-corrected chi connectivity index (χ2v) is 6.38. The van der Waals surface area contributed by atoms with E-state index in [4.69, 9.17) is 33.0 Å². The first-order valence-corrected chi connectivity index (χ1v) is 8.53. The lowest BCUT2D eigenvalue weighted by atomic mass is 10.3. The Balaban J connectivity index is 2.30. The summed E-state index contributed by atoms with van der Waals surface area (Å²) in [5.74, 6) is 1.93. The summed E-state index contributed by atoms with van der Waals surface area (Å²) in [4.78, 5) is 11.9. The number of amides is 1. The van der Waals surface area contributed by atoms with Gasteiger partial charge in [0.2, 0.25) is 0 Å². The molecule has 0 saturated carbocycles. The number of aliphatic hydroxyl groups excluding tert-OH is 1. The van der Waals surface area contributed by atoms with Gasteiger partial charge in [0.1, 0.15) is 5.75 Å². The fourth-order valence-electron chi connectivity index (χ4n) is 1.47. The minimum absolute atomic E-state index is 0.191. The van der Waals surface area contributed by atoms with Crippen molar-refractivity contribution in [1.29, 1.82) is 0 Å². The van der Waals surface area contributed by atoms with Crippen LogP contribution in [0.2, 0.25) is 10.0 Å². The molecule has 0 aliphatic heterocycles. The lowest BCUT2D eigenvalue weighted by molar-refractivity contribution is -0.127. The number of hydrogen-bond acceptors (Lipinski definition) is 4. The van der Waals surface area contributed by atoms with Crippen LogP contribution in [0.5, 0.6) is 5.75 Å². The standard InChI is InChI=1S/C14H19Cl2NO3S/c1-10(14(19)17-5-8-21-7-2-6-18)20-13-4-3-11(15)9-12(13)16/h3-4,9-10,18H,2,5-8H2,1H3,(H,17,19). The van der Waals surface area contributed by atoms with Crippen molar-refractivity contribution in [3.05, 3.63) is 28.2 Å². The number of aliphatic hydroxyl groups is 1. The zero-order valence-corrected chi connectivity index (χ0v) is 14.1. The van der Waals surface area contributed by atoms with Crippen molar-refractivity contribution >= 4 is 40.9 Å². The van der Waals surface area contributed by atoms with Crippen molar-refractivity contribution in [1.82, 2.24) is 5.32 Å². The number of benzene rings is 1. The summed E-state index contributed by atoms with van der Waals surface area (Å²) in [6, 6.07) is 4.87. The van der Waals surface area contributed by atoms with Crippen LogP contribution in [0.4, 0.5) is 0 Å². The fraction of sp³-hybridized carbons (Fsp3) is 0.500. The molecule has 1 amide bonds. The third kappa shape index (κ3) is 7.27. The lowest BCUT2D eigenvalue weighted by Gasteiger charge is -2.15. The molecule has 0 radical (unpaired) electrons. The van der Waals surface area contributed by atoms with Gasteiger partial charge in [0.05, 0.1) is 5.02 Å². The van der Waals surface area contributed by atoms with Gasteiger partial charge in [0.15, 0.2) is 6.10 Å². The van der Waals surface area contributed by atoms with Crippen molar-refractivity contribution in [2.45, 2.75) is 19.4 Å². The Morgan fingerprint density at radius 1 is 1.43 bits per heavy atom. The minimum atomic E-state index is -0.633. The molecule has 0 fully saturated rings. The van der Waals surface area contributed by atoms with Crippen LogP contribution in [0.1, 0.15) is 13.3 Å². The van der Waals surface area contributed by atoms with Gasteiger partial charge in [-0.3, -0.25) is 4.79 Å². The predicted octanol–water partition coefficient (Wildman–Crippen LogP) is 2.99. The molecule has 0 heterocycles. The maximum Gasteiger partial charge on any atom is 0.260 e. The Labute approximate surface area is 139 Å². The van der Waals surface area contributed by atoms with Crippen LogP contribution in [0.15, 0.2) is 18.2 Å². The first-order chi connectivity index (χ1) is 10.0. The Bertz CT molecular complexity index is 460. The second kappa shape index (κ2) is 10.2. The van der Waals surface area contributed by atoms with Crippen molar-refractivity contribution in [2.24, 2.45) is 0 Å². The topological polar surface area (TPSA) is 58.6 Å². The van der Waals surface area contributed by atoms with Crippen molar-refractivity contribution in [3.8, 4) is 5.75 Å². The number of nitrogens with one attached hydrogen (secondary N) is 1. The minimum Gasteiger partial charge on any atom is -0.479 e. The summed E-state index contributed by atoms with van der Waals surface area (Å²) < 4.78 is 5.52. The highest BCUT2D eigenvalue weighted by atomic mass is 35.5. The molecule has 0 spiro atoms. The molecule has 0 aliphatic rings. The number of carbonyl (C=O) groups is 1. The first-order valence-electron chi connectivity index (χ1n) is 6.62. The lowest BCUT2D eigenvalue weighted by Crippen LogP contribution is -2.37. The van der Waals surface area contributed by atoms with E-state index < -0.39 is 6.10 Å². The van der Waals surface area contributed by atoms with Crippen LogP contribution in [-0.4, -0.2) is 41.8 Å². The zero-order chi connectivity index (χ0) is 15.7. The Morgan fingerprint density at radius 2 is 2.19 bits per heavy atom. The fourth-order valence-corrected chi connectivity index (χ4v) is 2.71. The molecule has 0 saturated heterocycles. The third-order valence-electron chi connectivity index (χ3n) is 2.56. The molecule has 1 aromatic carbocycles. The third-order valence-corrected chi connectivity index (χ3v) is 4.16. The summed E-state index contributed by atoms with van der Waals surface area (Å²) in [5, 5.41) is 12.3. The van der Waals surface area contributed by atoms with Gasteiger partial charge >= 0.3 is 0 Å². The number of carbonyl (C=O) groups excluding carboxylic acids is 1. The number of halogens is 2. The van der Waals surface area contributed by atoms with Crippen LogP contribution < -0.4 is 10.1 Å². The Morgan fingerprint density at radius 3 is 2.86 bits per heavy atom. The van der Waals surface area contributed by atoms with Crippen LogP contribution in [0, 0.1) is 0 Å². The average Bonchev–Trinajstić information content (AvgIpc) is 2.45. The van der Waals surface area contributed by atoms with E-state index in [-0.39, 0.29) is 12.5 Å². The van der Waals surface area contributed by atoms with E-state index in [9.17, 15) is 4.79 Å². The van der Waals surface area contributed by atoms with E-state index in [1.165, 1.54) is 0 Å². The SMILES string of the molecule is CC(Oc1ccc(Cl)cc1Cl)C(=O)NCCSCCCO. The summed E-state index contributed by atoms with van der Waals surface area (Å²) >= 11 is 13.5. The molecule has 0 bridgehead atoms. The van der Waals surface area contributed by atoms with Gasteiger partial charge in [-0.15, -0.1) is 0 Å². The number of rotatable bonds is 9. The van der Waals surface area contributed by atoms with Gasteiger partial charge in [-0.2, -0.15) is 11.8 Å². The van der Waals surface area contributed by atoms with Crippen molar-refractivity contribution < 1.29 is 14.6 Å². The predicted molar refractivity (Wildman–Crippen MR) is 88.6 cm³/mol. The largest absolute Gasteiger partial charge is 0.479 e. The van der Waals surface area contributed by atoms with E-state index >= 15 is 0 Å². The highest BCUT2D eigenvalue weighted by Crippen LogP contribution is 2.28. The van der Waals surface area contributed by atoms with Crippen LogP contribution in [-0.2, 0) is 4.79 Å². The highest BCUT2D eigenvalue weighted by molar-refractivity contribution is 7.99. The van der Waals surface area contributed by atoms with E-state index in [0.29, 0.717) is 22.3 Å². The molecular weight excluding hydrogens is 333 g/mol. The Hall–Kier alpha value is -0.620. The number of thioether (sulfide) groups is 1. The molecule has 118 valence electrons. The molecule has 2 N–H and O–H groups in total. The van der Waals surface area contributed by atoms with Gasteiger partial charge in [0, 0.05) is 23.9 Å². The molecule has 0 aromatic heterocycles. The molecule has 4 nitrogen and oxygen atoms in total. The van der Waals surface area contributed by atoms with Crippen molar-refractivity contribution in [2.75, 3.05) is 24.7 Å². The number of ether oxygens (including phenoxy) is 1. The molecule has 1 rings (SSSR count). The van der Waals surface area contributed by atoms with E-state index in [2.05, 4.69) is 5.32 Å². The quantitative estimate of drug-likeness (QED) is 0.671. The van der Waals surface area contributed by atoms with E-state index in [0.717, 1.165) is 17.9 Å². The highest BCUT2D eigenvalue weighted by Gasteiger charge is 2.15. The monoisotopic (exact) mass is 351 g/mol. The Kier molecular flexibility index (Phi) is 8.92. The zero-order valence-electron chi connectivity index (χ0n) is 11.8. The molecular formula is C14H19Cl2NO3S. The van der Waals surface area contributed by atoms with Gasteiger partial charge in [-0.25, -0.2) is 0 Å². The van der Waals surface area contributed by atoms with Crippen LogP contribution >= 0.6 is 35.0 Å². The van der Waals surface area contributed by atoms with Gasteiger partial charge < -0.3 is 15.2 Å². The smallest absolute Gasteiger partial charge is 0.260 e. The summed E-state index contributed by atoms with van der Waals surface area (Å²) in [7, 11) is 0. The van der Waals surface area contributed by atoms with Crippen LogP contribution in [0.3, 0.4) is 0 Å². The van der Waals surface area contributed by atoms with Gasteiger partial charge in [0.25, 0.3) is 5.91 Å². The maximum absolute atomic E-state index is 11.9. The average molecular weight is 352 g/mol. The molecule has 1 aromatic rings.